The number of rotatable bonds is 6. The van der Waals surface area contributed by atoms with Gasteiger partial charge in [0.25, 0.3) is 0 Å². The Bertz CT molecular complexity index is 740. The monoisotopic (exact) mass is 328 g/mol. The second-order valence-electron chi connectivity index (χ2n) is 5.17. The molecule has 6 nitrogen and oxygen atoms in total. The van der Waals surface area contributed by atoms with Crippen LogP contribution in [0.5, 0.6) is 17.2 Å². The Hall–Kier alpha value is -3.02. The van der Waals surface area contributed by atoms with Gasteiger partial charge in [-0.1, -0.05) is 18.2 Å². The number of para-hydroxylation sites is 1. The Morgan fingerprint density at radius 3 is 2.62 bits per heavy atom. The molecule has 0 aliphatic carbocycles. The number of carbonyl (C=O) groups excluding carboxylic acids is 2. The fourth-order valence-corrected chi connectivity index (χ4v) is 2.16. The summed E-state index contributed by atoms with van der Waals surface area (Å²) < 4.78 is 20.9. The molecule has 0 amide bonds. The van der Waals surface area contributed by atoms with Crippen LogP contribution in [0.25, 0.3) is 0 Å². The van der Waals surface area contributed by atoms with Crippen molar-refractivity contribution >= 4 is 11.8 Å². The molecule has 0 aromatic heterocycles. The first-order valence-electron chi connectivity index (χ1n) is 7.44. The summed E-state index contributed by atoms with van der Waals surface area (Å²) in [6, 6.07) is 13.8. The third-order valence-electron chi connectivity index (χ3n) is 3.43. The summed E-state index contributed by atoms with van der Waals surface area (Å²) in [5.41, 5.74) is 0.392. The second kappa shape index (κ2) is 7.04. The quantitative estimate of drug-likeness (QED) is 0.600. The zero-order valence-corrected chi connectivity index (χ0v) is 13.1. The molecule has 6 heteroatoms. The van der Waals surface area contributed by atoms with Gasteiger partial charge in [-0.3, -0.25) is 4.79 Å². The maximum Gasteiger partial charge on any atom is 0.347 e. The SMILES string of the molecule is C[C@@H](Oc1ccccc1)C(=O)OCC(=O)c1ccc2c(c1)OCO2. The summed E-state index contributed by atoms with van der Waals surface area (Å²) in [6.45, 7) is 1.34. The molecule has 2 aromatic carbocycles. The number of esters is 1. The summed E-state index contributed by atoms with van der Waals surface area (Å²) in [4.78, 5) is 24.0. The number of Topliss-reactive ketones (excluding diaryl/α,β-unsaturated/α-hetero) is 1. The Balaban J connectivity index is 1.53. The average Bonchev–Trinajstić information content (AvgIpc) is 3.07. The molecule has 1 heterocycles. The lowest BCUT2D eigenvalue weighted by molar-refractivity contribution is -0.149. The molecule has 0 unspecified atom stereocenters. The van der Waals surface area contributed by atoms with Crippen molar-refractivity contribution in [2.24, 2.45) is 0 Å². The Kier molecular flexibility index (Phi) is 4.65. The standard InChI is InChI=1S/C18H16O6/c1-12(24-14-5-3-2-4-6-14)18(20)21-10-15(19)13-7-8-16-17(9-13)23-11-22-16/h2-9,12H,10-11H2,1H3/t12-/m1/s1. The van der Waals surface area contributed by atoms with Gasteiger partial charge in [-0.2, -0.15) is 0 Å². The van der Waals surface area contributed by atoms with Crippen LogP contribution in [0.15, 0.2) is 48.5 Å². The lowest BCUT2D eigenvalue weighted by Crippen LogP contribution is -2.28. The van der Waals surface area contributed by atoms with Gasteiger partial charge in [0, 0.05) is 5.56 Å². The smallest absolute Gasteiger partial charge is 0.347 e. The Morgan fingerprint density at radius 2 is 1.83 bits per heavy atom. The molecule has 124 valence electrons. The van der Waals surface area contributed by atoms with E-state index in [1.165, 1.54) is 0 Å². The molecule has 0 fully saturated rings. The van der Waals surface area contributed by atoms with E-state index in [0.717, 1.165) is 0 Å². The topological polar surface area (TPSA) is 71.1 Å². The maximum atomic E-state index is 12.1. The van der Waals surface area contributed by atoms with Gasteiger partial charge in [-0.05, 0) is 37.3 Å². The highest BCUT2D eigenvalue weighted by molar-refractivity contribution is 5.98. The minimum Gasteiger partial charge on any atom is -0.479 e. The van der Waals surface area contributed by atoms with Crippen LogP contribution >= 0.6 is 0 Å². The van der Waals surface area contributed by atoms with E-state index in [-0.39, 0.29) is 19.2 Å². The first kappa shape index (κ1) is 15.9. The molecule has 1 aliphatic heterocycles. The number of hydrogen-bond acceptors (Lipinski definition) is 6. The van der Waals surface area contributed by atoms with Gasteiger partial charge in [0.2, 0.25) is 6.79 Å². The minimum absolute atomic E-state index is 0.135. The Morgan fingerprint density at radius 1 is 1.08 bits per heavy atom. The van der Waals surface area contributed by atoms with Crippen LogP contribution in [0.3, 0.4) is 0 Å². The van der Waals surface area contributed by atoms with Crippen molar-refractivity contribution in [3.63, 3.8) is 0 Å². The number of ether oxygens (including phenoxy) is 4. The van der Waals surface area contributed by atoms with Crippen molar-refractivity contribution in [1.82, 2.24) is 0 Å². The van der Waals surface area contributed by atoms with Crippen LogP contribution in [0.1, 0.15) is 17.3 Å². The van der Waals surface area contributed by atoms with Crippen molar-refractivity contribution in [1.29, 1.82) is 0 Å². The number of benzene rings is 2. The highest BCUT2D eigenvalue weighted by Crippen LogP contribution is 2.32. The van der Waals surface area contributed by atoms with Gasteiger partial charge < -0.3 is 18.9 Å². The van der Waals surface area contributed by atoms with E-state index in [2.05, 4.69) is 0 Å². The molecule has 0 bridgehead atoms. The van der Waals surface area contributed by atoms with Gasteiger partial charge >= 0.3 is 5.97 Å². The molecule has 1 aliphatic rings. The fourth-order valence-electron chi connectivity index (χ4n) is 2.16. The van der Waals surface area contributed by atoms with Crippen molar-refractivity contribution in [2.45, 2.75) is 13.0 Å². The first-order valence-corrected chi connectivity index (χ1v) is 7.44. The summed E-state index contributed by atoms with van der Waals surface area (Å²) >= 11 is 0. The Labute approximate surface area is 138 Å². The predicted molar refractivity (Wildman–Crippen MR) is 84.4 cm³/mol. The van der Waals surface area contributed by atoms with E-state index in [1.54, 1.807) is 49.4 Å². The van der Waals surface area contributed by atoms with E-state index >= 15 is 0 Å². The molecule has 24 heavy (non-hydrogen) atoms. The van der Waals surface area contributed by atoms with Gasteiger partial charge in [-0.25, -0.2) is 4.79 Å². The number of ketones is 1. The van der Waals surface area contributed by atoms with Crippen molar-refractivity contribution < 1.29 is 28.5 Å². The maximum absolute atomic E-state index is 12.1. The third-order valence-corrected chi connectivity index (χ3v) is 3.43. The minimum atomic E-state index is -0.808. The third kappa shape index (κ3) is 3.65. The number of hydrogen-bond donors (Lipinski definition) is 0. The predicted octanol–water partition coefficient (Wildman–Crippen LogP) is 2.61. The molecule has 0 radical (unpaired) electrons. The van der Waals surface area contributed by atoms with E-state index in [1.807, 2.05) is 6.07 Å². The molecule has 0 saturated heterocycles. The first-order chi connectivity index (χ1) is 11.6. The zero-order chi connectivity index (χ0) is 16.9. The van der Waals surface area contributed by atoms with Crippen molar-refractivity contribution in [3.8, 4) is 17.2 Å². The van der Waals surface area contributed by atoms with Crippen LogP contribution in [-0.2, 0) is 9.53 Å². The van der Waals surface area contributed by atoms with Gasteiger partial charge in [0.15, 0.2) is 30.0 Å². The fraction of sp³-hybridized carbons (Fsp3) is 0.222. The normalized spacial score (nSPS) is 13.2. The lowest BCUT2D eigenvalue weighted by atomic mass is 10.1. The second-order valence-corrected chi connectivity index (χ2v) is 5.17. The largest absolute Gasteiger partial charge is 0.479 e. The number of fused-ring (bicyclic) bond motifs is 1. The van der Waals surface area contributed by atoms with Crippen LogP contribution < -0.4 is 14.2 Å². The van der Waals surface area contributed by atoms with Crippen LogP contribution in [0, 0.1) is 0 Å². The average molecular weight is 328 g/mol. The van der Waals surface area contributed by atoms with E-state index in [4.69, 9.17) is 18.9 Å². The molecule has 1 atom stereocenters. The van der Waals surface area contributed by atoms with Gasteiger partial charge in [-0.15, -0.1) is 0 Å². The molecular weight excluding hydrogens is 312 g/mol. The van der Waals surface area contributed by atoms with E-state index in [9.17, 15) is 9.59 Å². The number of carbonyl (C=O) groups is 2. The summed E-state index contributed by atoms with van der Waals surface area (Å²) in [6.07, 6.45) is -0.808. The molecule has 0 N–H and O–H groups in total. The molecule has 0 saturated carbocycles. The van der Waals surface area contributed by atoms with Gasteiger partial charge in [0.1, 0.15) is 5.75 Å². The van der Waals surface area contributed by atoms with Crippen molar-refractivity contribution in [3.05, 3.63) is 54.1 Å². The summed E-state index contributed by atoms with van der Waals surface area (Å²) in [5.74, 6) is 0.729. The summed E-state index contributed by atoms with van der Waals surface area (Å²) in [7, 11) is 0. The van der Waals surface area contributed by atoms with Crippen LogP contribution in [0.4, 0.5) is 0 Å². The molecule has 2 aromatic rings. The van der Waals surface area contributed by atoms with Gasteiger partial charge in [0.05, 0.1) is 0 Å². The lowest BCUT2D eigenvalue weighted by Gasteiger charge is -2.13. The molecule has 3 rings (SSSR count). The summed E-state index contributed by atoms with van der Waals surface area (Å²) in [5, 5.41) is 0. The van der Waals surface area contributed by atoms with E-state index in [0.29, 0.717) is 22.8 Å². The highest BCUT2D eigenvalue weighted by atomic mass is 16.7. The molecule has 0 spiro atoms. The molecular formula is C18H16O6. The van der Waals surface area contributed by atoms with Crippen LogP contribution in [0.2, 0.25) is 0 Å². The van der Waals surface area contributed by atoms with Crippen molar-refractivity contribution in [2.75, 3.05) is 13.4 Å². The van der Waals surface area contributed by atoms with Crippen LogP contribution in [-0.4, -0.2) is 31.3 Å². The highest BCUT2D eigenvalue weighted by Gasteiger charge is 2.20. The zero-order valence-electron chi connectivity index (χ0n) is 13.1. The van der Waals surface area contributed by atoms with E-state index < -0.39 is 12.1 Å².